The van der Waals surface area contributed by atoms with Gasteiger partial charge in [0.15, 0.2) is 0 Å². The number of hydrogen-bond acceptors (Lipinski definition) is 4. The van der Waals surface area contributed by atoms with Crippen molar-refractivity contribution in [3.05, 3.63) is 109 Å². The summed E-state index contributed by atoms with van der Waals surface area (Å²) in [6.45, 7) is 0. The van der Waals surface area contributed by atoms with Crippen molar-refractivity contribution in [2.45, 2.75) is 12.5 Å². The number of hydrazone groups is 1. The summed E-state index contributed by atoms with van der Waals surface area (Å²) in [5, 5.41) is 17.2. The Morgan fingerprint density at radius 1 is 1.10 bits per heavy atom. The predicted molar refractivity (Wildman–Crippen MR) is 119 cm³/mol. The van der Waals surface area contributed by atoms with Crippen LogP contribution < -0.4 is 0 Å². The molecule has 0 fully saturated rings. The van der Waals surface area contributed by atoms with Gasteiger partial charge in [-0.1, -0.05) is 70.0 Å². The van der Waals surface area contributed by atoms with Crippen LogP contribution in [-0.2, 0) is 0 Å². The SMILES string of the molecule is O=C(c1ccc(Cl)c([N+](=O)[O-])c1)N1N=C(c2ccccc2)C[C@@H]1c1ccc(Br)cc1. The van der Waals surface area contributed by atoms with Gasteiger partial charge in [0.1, 0.15) is 5.02 Å². The molecule has 1 amide bonds. The number of benzene rings is 3. The molecule has 8 heteroatoms. The van der Waals surface area contributed by atoms with E-state index in [2.05, 4.69) is 21.0 Å². The molecule has 4 rings (SSSR count). The van der Waals surface area contributed by atoms with Crippen LogP contribution >= 0.6 is 27.5 Å². The molecule has 1 aliphatic heterocycles. The Morgan fingerprint density at radius 2 is 1.80 bits per heavy atom. The van der Waals surface area contributed by atoms with E-state index in [1.807, 2.05) is 54.6 Å². The Bertz CT molecular complexity index is 1150. The Labute approximate surface area is 186 Å². The van der Waals surface area contributed by atoms with Gasteiger partial charge in [0.2, 0.25) is 0 Å². The monoisotopic (exact) mass is 483 g/mol. The van der Waals surface area contributed by atoms with Crippen molar-refractivity contribution >= 4 is 44.8 Å². The summed E-state index contributed by atoms with van der Waals surface area (Å²) in [6, 6.07) is 21.0. The predicted octanol–water partition coefficient (Wildman–Crippen LogP) is 6.00. The Balaban J connectivity index is 1.75. The highest BCUT2D eigenvalue weighted by molar-refractivity contribution is 9.10. The number of rotatable bonds is 4. The average Bonchev–Trinajstić information content (AvgIpc) is 3.20. The summed E-state index contributed by atoms with van der Waals surface area (Å²) in [6.07, 6.45) is 0.535. The number of hydrogen-bond donors (Lipinski definition) is 0. The summed E-state index contributed by atoms with van der Waals surface area (Å²) in [5.41, 5.74) is 2.47. The molecule has 150 valence electrons. The van der Waals surface area contributed by atoms with Gasteiger partial charge in [-0.05, 0) is 35.4 Å². The lowest BCUT2D eigenvalue weighted by Gasteiger charge is -2.22. The molecule has 3 aromatic carbocycles. The van der Waals surface area contributed by atoms with Crippen LogP contribution in [0.15, 0.2) is 82.4 Å². The van der Waals surface area contributed by atoms with E-state index < -0.39 is 10.8 Å². The number of carbonyl (C=O) groups excluding carboxylic acids is 1. The van der Waals surface area contributed by atoms with E-state index in [9.17, 15) is 14.9 Å². The molecule has 30 heavy (non-hydrogen) atoms. The zero-order valence-corrected chi connectivity index (χ0v) is 17.9. The lowest BCUT2D eigenvalue weighted by molar-refractivity contribution is -0.384. The van der Waals surface area contributed by atoms with Crippen LogP contribution in [0, 0.1) is 10.1 Å². The second-order valence-corrected chi connectivity index (χ2v) is 8.08. The fraction of sp³-hybridized carbons (Fsp3) is 0.0909. The number of carbonyl (C=O) groups is 1. The summed E-state index contributed by atoms with van der Waals surface area (Å²) in [7, 11) is 0. The minimum Gasteiger partial charge on any atom is -0.267 e. The molecular formula is C22H15BrClN3O3. The maximum absolute atomic E-state index is 13.3. The molecule has 0 saturated heterocycles. The molecule has 3 aromatic rings. The number of nitro benzene ring substituents is 1. The van der Waals surface area contributed by atoms with Gasteiger partial charge in [-0.3, -0.25) is 14.9 Å². The van der Waals surface area contributed by atoms with Gasteiger partial charge in [0.05, 0.1) is 16.7 Å². The minimum absolute atomic E-state index is 0.0177. The van der Waals surface area contributed by atoms with Gasteiger partial charge >= 0.3 is 0 Å². The molecule has 0 unspecified atom stereocenters. The molecule has 0 aromatic heterocycles. The first-order valence-electron chi connectivity index (χ1n) is 9.10. The Morgan fingerprint density at radius 3 is 2.47 bits per heavy atom. The minimum atomic E-state index is -0.603. The van der Waals surface area contributed by atoms with Crippen LogP contribution in [0.1, 0.15) is 33.9 Å². The first kappa shape index (κ1) is 20.3. The van der Waals surface area contributed by atoms with Gasteiger partial charge in [-0.15, -0.1) is 0 Å². The molecule has 1 atom stereocenters. The van der Waals surface area contributed by atoms with E-state index in [1.165, 1.54) is 23.2 Å². The van der Waals surface area contributed by atoms with Crippen LogP contribution in [0.5, 0.6) is 0 Å². The van der Waals surface area contributed by atoms with Crippen molar-refractivity contribution in [3.63, 3.8) is 0 Å². The summed E-state index contributed by atoms with van der Waals surface area (Å²) < 4.78 is 0.930. The Hall–Kier alpha value is -3.03. The fourth-order valence-corrected chi connectivity index (χ4v) is 3.82. The van der Waals surface area contributed by atoms with Gasteiger partial charge in [-0.25, -0.2) is 5.01 Å². The molecule has 6 nitrogen and oxygen atoms in total. The summed E-state index contributed by atoms with van der Waals surface area (Å²) in [4.78, 5) is 23.9. The van der Waals surface area contributed by atoms with E-state index in [4.69, 9.17) is 11.6 Å². The van der Waals surface area contributed by atoms with Crippen molar-refractivity contribution in [1.82, 2.24) is 5.01 Å². The molecule has 0 aliphatic carbocycles. The third kappa shape index (κ3) is 3.99. The second-order valence-electron chi connectivity index (χ2n) is 6.76. The van der Waals surface area contributed by atoms with Crippen molar-refractivity contribution in [2.75, 3.05) is 0 Å². The molecule has 0 radical (unpaired) electrons. The molecule has 0 bridgehead atoms. The van der Waals surface area contributed by atoms with Crippen LogP contribution in [0.2, 0.25) is 5.02 Å². The standard InChI is InChI=1S/C22H15BrClN3O3/c23-17-9-6-15(7-10-17)20-13-19(14-4-2-1-3-5-14)25-26(20)22(28)16-8-11-18(24)21(12-16)27(29)30/h1-12,20H,13H2/t20-/m1/s1. The first-order valence-corrected chi connectivity index (χ1v) is 10.3. The lowest BCUT2D eigenvalue weighted by atomic mass is 9.98. The highest BCUT2D eigenvalue weighted by Crippen LogP contribution is 2.35. The van der Waals surface area contributed by atoms with Gasteiger partial charge < -0.3 is 0 Å². The summed E-state index contributed by atoms with van der Waals surface area (Å²) >= 11 is 9.33. The third-order valence-electron chi connectivity index (χ3n) is 4.87. The van der Waals surface area contributed by atoms with Crippen molar-refractivity contribution in [1.29, 1.82) is 0 Å². The lowest BCUT2D eigenvalue weighted by Crippen LogP contribution is -2.27. The molecule has 0 N–H and O–H groups in total. The van der Waals surface area contributed by atoms with E-state index >= 15 is 0 Å². The second kappa shape index (κ2) is 8.38. The van der Waals surface area contributed by atoms with Crippen LogP contribution in [0.25, 0.3) is 0 Å². The molecule has 1 aliphatic rings. The maximum Gasteiger partial charge on any atom is 0.288 e. The molecule has 0 saturated carbocycles. The molecular weight excluding hydrogens is 470 g/mol. The zero-order valence-electron chi connectivity index (χ0n) is 15.5. The number of amides is 1. The van der Waals surface area contributed by atoms with Crippen molar-refractivity contribution < 1.29 is 9.72 Å². The van der Waals surface area contributed by atoms with Crippen LogP contribution in [0.4, 0.5) is 5.69 Å². The van der Waals surface area contributed by atoms with E-state index in [0.29, 0.717) is 6.42 Å². The zero-order chi connectivity index (χ0) is 21.3. The number of nitro groups is 1. The topological polar surface area (TPSA) is 75.8 Å². The smallest absolute Gasteiger partial charge is 0.267 e. The van der Waals surface area contributed by atoms with Crippen LogP contribution in [-0.4, -0.2) is 21.6 Å². The number of halogens is 2. The average molecular weight is 485 g/mol. The fourth-order valence-electron chi connectivity index (χ4n) is 3.37. The van der Waals surface area contributed by atoms with Crippen molar-refractivity contribution in [3.8, 4) is 0 Å². The van der Waals surface area contributed by atoms with E-state index in [1.54, 1.807) is 0 Å². The number of nitrogens with zero attached hydrogens (tertiary/aromatic N) is 3. The van der Waals surface area contributed by atoms with Gasteiger partial charge in [0.25, 0.3) is 11.6 Å². The van der Waals surface area contributed by atoms with Gasteiger partial charge in [0, 0.05) is 22.5 Å². The van der Waals surface area contributed by atoms with E-state index in [-0.39, 0.29) is 22.3 Å². The normalized spacial score (nSPS) is 15.7. The van der Waals surface area contributed by atoms with Gasteiger partial charge in [-0.2, -0.15) is 5.10 Å². The highest BCUT2D eigenvalue weighted by atomic mass is 79.9. The largest absolute Gasteiger partial charge is 0.288 e. The highest BCUT2D eigenvalue weighted by Gasteiger charge is 2.34. The van der Waals surface area contributed by atoms with Crippen LogP contribution in [0.3, 0.4) is 0 Å². The molecule has 1 heterocycles. The maximum atomic E-state index is 13.3. The first-order chi connectivity index (χ1) is 14.4. The van der Waals surface area contributed by atoms with E-state index in [0.717, 1.165) is 21.3 Å². The Kier molecular flexibility index (Phi) is 5.65. The summed E-state index contributed by atoms with van der Waals surface area (Å²) in [5.74, 6) is -0.423. The quantitative estimate of drug-likeness (QED) is 0.336. The molecule has 0 spiro atoms. The third-order valence-corrected chi connectivity index (χ3v) is 5.72. The van der Waals surface area contributed by atoms with Crippen molar-refractivity contribution in [2.24, 2.45) is 5.10 Å².